The van der Waals surface area contributed by atoms with Crippen LogP contribution in [0, 0.1) is 6.92 Å². The van der Waals surface area contributed by atoms with Crippen molar-refractivity contribution >= 4 is 16.7 Å². The van der Waals surface area contributed by atoms with Crippen LogP contribution in [0.1, 0.15) is 48.8 Å². The number of hydrogen-bond donors (Lipinski definition) is 0. The highest BCUT2D eigenvalue weighted by molar-refractivity contribution is 5.92. The molecule has 2 aliphatic rings. The van der Waals surface area contributed by atoms with Crippen molar-refractivity contribution in [1.82, 2.24) is 24.3 Å². The summed E-state index contributed by atoms with van der Waals surface area (Å²) in [6.07, 6.45) is 10.2. The second kappa shape index (κ2) is 6.11. The molecule has 0 aliphatic carbocycles. The quantitative estimate of drug-likeness (QED) is 0.712. The summed E-state index contributed by atoms with van der Waals surface area (Å²) < 4.78 is 4.38. The minimum atomic E-state index is 0.510. The highest BCUT2D eigenvalue weighted by Gasteiger charge is 2.28. The Morgan fingerprint density at radius 2 is 2.04 bits per heavy atom. The summed E-state index contributed by atoms with van der Waals surface area (Å²) in [5.41, 5.74) is 4.74. The zero-order valence-corrected chi connectivity index (χ0v) is 15.6. The third-order valence-electron chi connectivity index (χ3n) is 6.04. The topological polar surface area (TPSA) is 51.8 Å². The van der Waals surface area contributed by atoms with Gasteiger partial charge in [-0.3, -0.25) is 4.68 Å². The normalized spacial score (nSPS) is 20.5. The van der Waals surface area contributed by atoms with Crippen molar-refractivity contribution in [3.63, 3.8) is 0 Å². The number of aryl methyl sites for hydroxylation is 3. The number of hydrogen-bond acceptors (Lipinski definition) is 4. The van der Waals surface area contributed by atoms with E-state index in [0.717, 1.165) is 31.0 Å². The third-order valence-corrected chi connectivity index (χ3v) is 6.04. The summed E-state index contributed by atoms with van der Waals surface area (Å²) in [6, 6.07) is 2.15. The first kappa shape index (κ1) is 15.9. The van der Waals surface area contributed by atoms with Gasteiger partial charge in [-0.05, 0) is 45.1 Å². The van der Waals surface area contributed by atoms with Gasteiger partial charge in [0.25, 0.3) is 0 Å². The number of anilines is 1. The number of imidazole rings is 1. The number of rotatable bonds is 2. The molecule has 1 unspecified atom stereocenters. The molecule has 0 saturated carbocycles. The number of nitrogens with zero attached hydrogens (tertiary/aromatic N) is 6. The lowest BCUT2D eigenvalue weighted by Crippen LogP contribution is -2.35. The predicted octanol–water partition coefficient (Wildman–Crippen LogP) is 3.19. The van der Waals surface area contributed by atoms with Crippen LogP contribution in [0.2, 0.25) is 0 Å². The van der Waals surface area contributed by atoms with E-state index < -0.39 is 0 Å². The average Bonchev–Trinajstić information content (AvgIpc) is 3.23. The van der Waals surface area contributed by atoms with Crippen LogP contribution >= 0.6 is 0 Å². The Hall–Kier alpha value is -2.37. The van der Waals surface area contributed by atoms with Gasteiger partial charge in [-0.2, -0.15) is 5.10 Å². The molecule has 0 N–H and O–H groups in total. The van der Waals surface area contributed by atoms with Crippen LogP contribution in [-0.2, 0) is 20.0 Å². The highest BCUT2D eigenvalue weighted by Crippen LogP contribution is 2.34. The molecule has 5 rings (SSSR count). The Morgan fingerprint density at radius 1 is 1.12 bits per heavy atom. The minimum Gasteiger partial charge on any atom is -0.370 e. The van der Waals surface area contributed by atoms with E-state index in [4.69, 9.17) is 4.98 Å². The van der Waals surface area contributed by atoms with E-state index in [-0.39, 0.29) is 0 Å². The van der Waals surface area contributed by atoms with Crippen molar-refractivity contribution < 1.29 is 0 Å². The molecule has 3 aromatic heterocycles. The van der Waals surface area contributed by atoms with Gasteiger partial charge in [0, 0.05) is 50.7 Å². The molecule has 136 valence electrons. The Morgan fingerprint density at radius 3 is 2.96 bits per heavy atom. The molecular formula is C20H26N6. The zero-order valence-electron chi connectivity index (χ0n) is 15.6. The number of fused-ring (bicyclic) bond motifs is 2. The molecule has 0 bridgehead atoms. The van der Waals surface area contributed by atoms with Crippen LogP contribution in [-0.4, -0.2) is 37.4 Å². The minimum absolute atomic E-state index is 0.510. The van der Waals surface area contributed by atoms with E-state index in [1.165, 1.54) is 54.7 Å². The van der Waals surface area contributed by atoms with Gasteiger partial charge in [0.05, 0.1) is 16.8 Å². The van der Waals surface area contributed by atoms with Gasteiger partial charge in [0.15, 0.2) is 5.65 Å². The van der Waals surface area contributed by atoms with E-state index in [2.05, 4.69) is 38.7 Å². The molecule has 0 spiro atoms. The van der Waals surface area contributed by atoms with E-state index in [0.29, 0.717) is 5.92 Å². The maximum Gasteiger partial charge on any atom is 0.159 e. The van der Waals surface area contributed by atoms with E-state index in [1.807, 2.05) is 17.9 Å². The maximum atomic E-state index is 4.84. The van der Waals surface area contributed by atoms with Crippen LogP contribution in [0.25, 0.3) is 11.0 Å². The fraction of sp³-hybridized carbons (Fsp3) is 0.550. The fourth-order valence-electron chi connectivity index (χ4n) is 4.81. The first-order valence-corrected chi connectivity index (χ1v) is 9.80. The molecule has 1 saturated heterocycles. The van der Waals surface area contributed by atoms with Gasteiger partial charge in [0.1, 0.15) is 5.82 Å². The molecule has 26 heavy (non-hydrogen) atoms. The summed E-state index contributed by atoms with van der Waals surface area (Å²) in [5.74, 6) is 1.81. The van der Waals surface area contributed by atoms with Gasteiger partial charge in [-0.25, -0.2) is 9.97 Å². The second-order valence-corrected chi connectivity index (χ2v) is 7.74. The van der Waals surface area contributed by atoms with Gasteiger partial charge >= 0.3 is 0 Å². The van der Waals surface area contributed by atoms with Crippen LogP contribution in [0.4, 0.5) is 5.69 Å². The van der Waals surface area contributed by atoms with Crippen molar-refractivity contribution in [3.8, 4) is 0 Å². The Kier molecular flexibility index (Phi) is 3.72. The maximum absolute atomic E-state index is 4.84. The molecular weight excluding hydrogens is 324 g/mol. The predicted molar refractivity (Wildman–Crippen MR) is 103 cm³/mol. The molecule has 6 heteroatoms. The molecule has 0 aromatic carbocycles. The second-order valence-electron chi connectivity index (χ2n) is 7.74. The highest BCUT2D eigenvalue weighted by atomic mass is 15.3. The molecule has 1 atom stereocenters. The molecule has 0 amide bonds. The Balaban J connectivity index is 1.49. The summed E-state index contributed by atoms with van der Waals surface area (Å²) in [4.78, 5) is 11.9. The zero-order chi connectivity index (χ0) is 17.7. The Labute approximate surface area is 153 Å². The largest absolute Gasteiger partial charge is 0.370 e. The lowest BCUT2D eigenvalue weighted by atomic mass is 9.96. The van der Waals surface area contributed by atoms with Gasteiger partial charge in [-0.1, -0.05) is 0 Å². The molecule has 5 heterocycles. The molecule has 3 aromatic rings. The van der Waals surface area contributed by atoms with E-state index >= 15 is 0 Å². The summed E-state index contributed by atoms with van der Waals surface area (Å²) >= 11 is 0. The lowest BCUT2D eigenvalue weighted by molar-refractivity contribution is 0.446. The average molecular weight is 350 g/mol. The van der Waals surface area contributed by atoms with Gasteiger partial charge in [0.2, 0.25) is 0 Å². The number of aromatic nitrogens is 5. The van der Waals surface area contributed by atoms with Crippen LogP contribution in [0.5, 0.6) is 0 Å². The van der Waals surface area contributed by atoms with Crippen molar-refractivity contribution in [1.29, 1.82) is 0 Å². The standard InChI is InChI=1S/C20H26N6/c1-14-18-17(8-9-21-20(18)24(2)23-14)25-10-5-6-15(13-25)19-22-12-16-7-3-4-11-26(16)19/h8-9,12,15H,3-7,10-11,13H2,1-2H3. The molecule has 0 radical (unpaired) electrons. The van der Waals surface area contributed by atoms with Crippen LogP contribution in [0.15, 0.2) is 18.5 Å². The van der Waals surface area contributed by atoms with Crippen molar-refractivity contribution in [2.45, 2.75) is 51.5 Å². The smallest absolute Gasteiger partial charge is 0.159 e. The first-order chi connectivity index (χ1) is 12.7. The van der Waals surface area contributed by atoms with E-state index in [9.17, 15) is 0 Å². The molecule has 1 fully saturated rings. The van der Waals surface area contributed by atoms with Gasteiger partial charge < -0.3 is 9.47 Å². The third kappa shape index (κ3) is 2.42. The van der Waals surface area contributed by atoms with Gasteiger partial charge in [-0.15, -0.1) is 0 Å². The summed E-state index contributed by atoms with van der Waals surface area (Å²) in [6.45, 7) is 5.35. The number of pyridine rings is 1. The SMILES string of the molecule is Cc1nn(C)c2nccc(N3CCCC(c4ncc5n4CCCC5)C3)c12. The monoisotopic (exact) mass is 350 g/mol. The van der Waals surface area contributed by atoms with Crippen molar-refractivity contribution in [3.05, 3.63) is 35.7 Å². The summed E-state index contributed by atoms with van der Waals surface area (Å²) in [7, 11) is 1.97. The fourth-order valence-corrected chi connectivity index (χ4v) is 4.81. The lowest BCUT2D eigenvalue weighted by Gasteiger charge is -2.35. The van der Waals surface area contributed by atoms with Crippen LogP contribution in [0.3, 0.4) is 0 Å². The number of piperidine rings is 1. The Bertz CT molecular complexity index is 953. The van der Waals surface area contributed by atoms with Crippen molar-refractivity contribution in [2.75, 3.05) is 18.0 Å². The molecule has 2 aliphatic heterocycles. The van der Waals surface area contributed by atoms with E-state index in [1.54, 1.807) is 0 Å². The summed E-state index contributed by atoms with van der Waals surface area (Å²) in [5, 5.41) is 5.78. The molecule has 6 nitrogen and oxygen atoms in total. The first-order valence-electron chi connectivity index (χ1n) is 9.80. The van der Waals surface area contributed by atoms with Crippen LogP contribution < -0.4 is 4.90 Å². The van der Waals surface area contributed by atoms with Crippen molar-refractivity contribution in [2.24, 2.45) is 7.05 Å².